The average Bonchev–Trinajstić information content (AvgIpc) is 2.80. The Morgan fingerprint density at radius 2 is 1.81 bits per heavy atom. The normalized spacial score (nSPS) is 20.9. The molecule has 0 radical (unpaired) electrons. The molecule has 0 bridgehead atoms. The maximum absolute atomic E-state index is 12.7. The van der Waals surface area contributed by atoms with E-state index < -0.39 is 0 Å². The minimum atomic E-state index is -0.117. The fourth-order valence-corrected chi connectivity index (χ4v) is 4.19. The van der Waals surface area contributed by atoms with Crippen molar-refractivity contribution < 1.29 is 24.5 Å². The molecule has 3 rings (SSSR count). The summed E-state index contributed by atoms with van der Waals surface area (Å²) in [5, 5.41) is 19.6. The number of ketones is 1. The number of aliphatic hydroxyl groups is 2. The van der Waals surface area contributed by atoms with Crippen molar-refractivity contribution in [1.29, 1.82) is 0 Å². The van der Waals surface area contributed by atoms with E-state index in [0.717, 1.165) is 50.6 Å². The van der Waals surface area contributed by atoms with E-state index >= 15 is 0 Å². The van der Waals surface area contributed by atoms with Gasteiger partial charge in [0.05, 0.1) is 25.3 Å². The zero-order chi connectivity index (χ0) is 22.8. The Balaban J connectivity index is 1.53. The SMILES string of the molecule is COCCOc1ccccc1C1CC(=O)C(C=NCCN2CCN(CCO)CC2)=C(O)C1. The molecule has 1 aliphatic carbocycles. The summed E-state index contributed by atoms with van der Waals surface area (Å²) in [6.45, 7) is 7.07. The number of para-hydroxylation sites is 1. The Hall–Kier alpha value is -2.26. The summed E-state index contributed by atoms with van der Waals surface area (Å²) in [5.74, 6) is 0.617. The van der Waals surface area contributed by atoms with Crippen LogP contribution in [0.1, 0.15) is 24.3 Å². The number of piperazine rings is 1. The van der Waals surface area contributed by atoms with Gasteiger partial charge in [-0.05, 0) is 11.6 Å². The lowest BCUT2D eigenvalue weighted by Crippen LogP contribution is -2.47. The highest BCUT2D eigenvalue weighted by atomic mass is 16.5. The fraction of sp³-hybridized carbons (Fsp3) is 0.583. The number of ether oxygens (including phenoxy) is 2. The minimum absolute atomic E-state index is 0.0909. The van der Waals surface area contributed by atoms with Crippen LogP contribution in [0.25, 0.3) is 0 Å². The molecule has 1 aliphatic heterocycles. The van der Waals surface area contributed by atoms with Crippen molar-refractivity contribution in [3.8, 4) is 5.75 Å². The first-order valence-corrected chi connectivity index (χ1v) is 11.3. The van der Waals surface area contributed by atoms with Crippen molar-refractivity contribution in [2.75, 3.05) is 72.7 Å². The van der Waals surface area contributed by atoms with Gasteiger partial charge in [0, 0.05) is 71.4 Å². The van der Waals surface area contributed by atoms with Gasteiger partial charge in [0.25, 0.3) is 0 Å². The van der Waals surface area contributed by atoms with E-state index in [1.165, 1.54) is 6.21 Å². The molecule has 1 aromatic carbocycles. The van der Waals surface area contributed by atoms with Gasteiger partial charge in [-0.3, -0.25) is 19.6 Å². The first-order chi connectivity index (χ1) is 15.6. The van der Waals surface area contributed by atoms with Crippen LogP contribution >= 0.6 is 0 Å². The number of aliphatic hydroxyl groups excluding tert-OH is 2. The number of methoxy groups -OCH3 is 1. The highest BCUT2D eigenvalue weighted by molar-refractivity contribution is 6.14. The predicted octanol–water partition coefficient (Wildman–Crippen LogP) is 1.65. The van der Waals surface area contributed by atoms with Crippen molar-refractivity contribution in [1.82, 2.24) is 9.80 Å². The number of carbonyl (C=O) groups excluding carboxylic acids is 1. The molecule has 8 heteroatoms. The molecule has 2 N–H and O–H groups in total. The topological polar surface area (TPSA) is 94.8 Å². The number of nitrogens with zero attached hydrogens (tertiary/aromatic N) is 3. The van der Waals surface area contributed by atoms with Gasteiger partial charge in [-0.15, -0.1) is 0 Å². The van der Waals surface area contributed by atoms with Gasteiger partial charge in [0.2, 0.25) is 0 Å². The van der Waals surface area contributed by atoms with Gasteiger partial charge >= 0.3 is 0 Å². The number of hydrogen-bond acceptors (Lipinski definition) is 8. The molecule has 0 spiro atoms. The molecule has 8 nitrogen and oxygen atoms in total. The monoisotopic (exact) mass is 445 g/mol. The van der Waals surface area contributed by atoms with E-state index in [-0.39, 0.29) is 24.1 Å². The second-order valence-electron chi connectivity index (χ2n) is 8.21. The molecule has 0 aromatic heterocycles. The Labute approximate surface area is 190 Å². The van der Waals surface area contributed by atoms with Crippen LogP contribution in [0.5, 0.6) is 5.75 Å². The van der Waals surface area contributed by atoms with E-state index in [9.17, 15) is 9.90 Å². The summed E-state index contributed by atoms with van der Waals surface area (Å²) in [4.78, 5) is 21.7. The molecule has 2 aliphatic rings. The fourth-order valence-electron chi connectivity index (χ4n) is 4.19. The number of β-amino-alcohol motifs (C(OH)–C–C–N with tert-alkyl or cyclic N) is 1. The third-order valence-corrected chi connectivity index (χ3v) is 6.03. The summed E-state index contributed by atoms with van der Waals surface area (Å²) < 4.78 is 10.8. The molecule has 1 unspecified atom stereocenters. The molecule has 1 heterocycles. The van der Waals surface area contributed by atoms with Gasteiger partial charge < -0.3 is 19.7 Å². The van der Waals surface area contributed by atoms with Crippen LogP contribution in [0, 0.1) is 0 Å². The summed E-state index contributed by atoms with van der Waals surface area (Å²) in [6.07, 6.45) is 2.25. The van der Waals surface area contributed by atoms with Crippen LogP contribution in [-0.4, -0.2) is 105 Å². The first-order valence-electron chi connectivity index (χ1n) is 11.3. The molecular weight excluding hydrogens is 410 g/mol. The van der Waals surface area contributed by atoms with Gasteiger partial charge in [-0.2, -0.15) is 0 Å². The molecular formula is C24H35N3O5. The molecule has 1 aromatic rings. The molecule has 1 saturated heterocycles. The third-order valence-electron chi connectivity index (χ3n) is 6.03. The summed E-state index contributed by atoms with van der Waals surface area (Å²) in [6, 6.07) is 7.66. The lowest BCUT2D eigenvalue weighted by Gasteiger charge is -2.33. The van der Waals surface area contributed by atoms with E-state index in [1.807, 2.05) is 24.3 Å². The van der Waals surface area contributed by atoms with E-state index in [2.05, 4.69) is 14.8 Å². The quantitative estimate of drug-likeness (QED) is 0.395. The van der Waals surface area contributed by atoms with Crippen molar-refractivity contribution in [3.05, 3.63) is 41.2 Å². The van der Waals surface area contributed by atoms with Crippen molar-refractivity contribution >= 4 is 12.0 Å². The Morgan fingerprint density at radius 1 is 1.09 bits per heavy atom. The number of rotatable bonds is 11. The van der Waals surface area contributed by atoms with Crippen LogP contribution in [0.15, 0.2) is 40.6 Å². The van der Waals surface area contributed by atoms with Crippen molar-refractivity contribution in [3.63, 3.8) is 0 Å². The number of benzene rings is 1. The molecule has 1 fully saturated rings. The number of Topliss-reactive ketones (excluding diaryl/α,β-unsaturated/α-hetero) is 1. The number of allylic oxidation sites excluding steroid dienone is 2. The average molecular weight is 446 g/mol. The second-order valence-corrected chi connectivity index (χ2v) is 8.21. The van der Waals surface area contributed by atoms with Gasteiger partial charge in [-0.25, -0.2) is 0 Å². The van der Waals surface area contributed by atoms with Gasteiger partial charge in [0.15, 0.2) is 5.78 Å². The summed E-state index contributed by atoms with van der Waals surface area (Å²) in [7, 11) is 1.63. The van der Waals surface area contributed by atoms with E-state index in [4.69, 9.17) is 14.6 Å². The minimum Gasteiger partial charge on any atom is -0.511 e. The van der Waals surface area contributed by atoms with E-state index in [0.29, 0.717) is 38.2 Å². The third kappa shape index (κ3) is 6.87. The summed E-state index contributed by atoms with van der Waals surface area (Å²) >= 11 is 0. The second kappa shape index (κ2) is 12.7. The zero-order valence-corrected chi connectivity index (χ0v) is 18.9. The number of carbonyl (C=O) groups is 1. The van der Waals surface area contributed by atoms with Crippen LogP contribution in [0.2, 0.25) is 0 Å². The van der Waals surface area contributed by atoms with Gasteiger partial charge in [0.1, 0.15) is 18.1 Å². The Morgan fingerprint density at radius 3 is 2.50 bits per heavy atom. The maximum Gasteiger partial charge on any atom is 0.168 e. The highest BCUT2D eigenvalue weighted by Crippen LogP contribution is 2.37. The van der Waals surface area contributed by atoms with E-state index in [1.54, 1.807) is 7.11 Å². The summed E-state index contributed by atoms with van der Waals surface area (Å²) in [5.41, 5.74) is 1.26. The lowest BCUT2D eigenvalue weighted by atomic mass is 9.82. The van der Waals surface area contributed by atoms with Crippen LogP contribution in [-0.2, 0) is 9.53 Å². The van der Waals surface area contributed by atoms with Crippen LogP contribution in [0.4, 0.5) is 0 Å². The largest absolute Gasteiger partial charge is 0.511 e. The Bertz CT molecular complexity index is 803. The zero-order valence-electron chi connectivity index (χ0n) is 18.9. The molecule has 0 saturated carbocycles. The first kappa shape index (κ1) is 24.4. The molecule has 0 amide bonds. The molecule has 32 heavy (non-hydrogen) atoms. The molecule has 176 valence electrons. The Kier molecular flexibility index (Phi) is 9.67. The van der Waals surface area contributed by atoms with Crippen molar-refractivity contribution in [2.24, 2.45) is 4.99 Å². The smallest absolute Gasteiger partial charge is 0.168 e. The molecule has 1 atom stereocenters. The lowest BCUT2D eigenvalue weighted by molar-refractivity contribution is -0.116. The predicted molar refractivity (Wildman–Crippen MR) is 124 cm³/mol. The standard InChI is InChI=1S/C24H35N3O5/c1-31-14-15-32-24-5-3-2-4-20(24)19-16-22(29)21(23(30)17-19)18-25-6-7-26-8-10-27(11-9-26)12-13-28/h2-5,18-19,28-29H,6-17H2,1H3. The van der Waals surface area contributed by atoms with Crippen molar-refractivity contribution in [2.45, 2.75) is 18.8 Å². The van der Waals surface area contributed by atoms with Gasteiger partial charge in [-0.1, -0.05) is 18.2 Å². The number of hydrogen-bond donors (Lipinski definition) is 2. The highest BCUT2D eigenvalue weighted by Gasteiger charge is 2.29. The maximum atomic E-state index is 12.7. The number of aliphatic imine (C=N–C) groups is 1. The van der Waals surface area contributed by atoms with Crippen LogP contribution in [0.3, 0.4) is 0 Å². The van der Waals surface area contributed by atoms with Crippen LogP contribution < -0.4 is 4.74 Å².